The van der Waals surface area contributed by atoms with E-state index in [-0.39, 0.29) is 5.91 Å². The highest BCUT2D eigenvalue weighted by molar-refractivity contribution is 5.99. The minimum absolute atomic E-state index is 0.000421. The first-order chi connectivity index (χ1) is 15.2. The van der Waals surface area contributed by atoms with Gasteiger partial charge >= 0.3 is 0 Å². The minimum atomic E-state index is -0.542. The van der Waals surface area contributed by atoms with Gasteiger partial charge in [-0.05, 0) is 75.6 Å². The molecular weight excluding hydrogens is 402 g/mol. The summed E-state index contributed by atoms with van der Waals surface area (Å²) in [4.78, 5) is 28.9. The largest absolute Gasteiger partial charge is 0.480 e. The Labute approximate surface area is 192 Å². The molecule has 0 radical (unpaired) electrons. The maximum atomic E-state index is 13.2. The molecule has 0 aliphatic heterocycles. The number of likely N-dealkylation sites (N-methyl/N-ethyl adjacent to an activating group) is 1. The van der Waals surface area contributed by atoms with Gasteiger partial charge < -0.3 is 20.3 Å². The maximum absolute atomic E-state index is 13.2. The Morgan fingerprint density at radius 1 is 1.03 bits per heavy atom. The first-order valence-corrected chi connectivity index (χ1v) is 11.3. The van der Waals surface area contributed by atoms with Crippen LogP contribution in [-0.4, -0.2) is 62.0 Å². The number of primary amides is 1. The van der Waals surface area contributed by atoms with E-state index in [1.807, 2.05) is 58.4 Å². The number of nitrogens with two attached hydrogens (primary N) is 1. The summed E-state index contributed by atoms with van der Waals surface area (Å²) in [6, 6.07) is 13.0. The lowest BCUT2D eigenvalue weighted by Gasteiger charge is -2.26. The molecule has 6 heteroatoms. The summed E-state index contributed by atoms with van der Waals surface area (Å²) in [5.74, 6) is 0.177. The van der Waals surface area contributed by atoms with Crippen LogP contribution in [0.25, 0.3) is 11.1 Å². The fourth-order valence-corrected chi connectivity index (χ4v) is 3.60. The van der Waals surface area contributed by atoms with Crippen molar-refractivity contribution in [2.24, 2.45) is 5.73 Å². The number of ether oxygens (including phenoxy) is 1. The van der Waals surface area contributed by atoms with Gasteiger partial charge in [0, 0.05) is 19.2 Å². The lowest BCUT2D eigenvalue weighted by atomic mass is 9.98. The van der Waals surface area contributed by atoms with Crippen LogP contribution in [0.15, 0.2) is 42.5 Å². The van der Waals surface area contributed by atoms with E-state index < -0.39 is 12.0 Å². The fraction of sp³-hybridized carbons (Fsp3) is 0.462. The van der Waals surface area contributed by atoms with Gasteiger partial charge in [0.1, 0.15) is 5.75 Å². The molecule has 2 N–H and O–H groups in total. The summed E-state index contributed by atoms with van der Waals surface area (Å²) in [6.45, 7) is 5.68. The zero-order chi connectivity index (χ0) is 23.7. The monoisotopic (exact) mass is 439 g/mol. The molecule has 0 aliphatic rings. The Balaban J connectivity index is 2.27. The summed E-state index contributed by atoms with van der Waals surface area (Å²) >= 11 is 0. The maximum Gasteiger partial charge on any atom is 0.263 e. The standard InChI is InChI=1S/C26H37N3O3/c1-6-7-13-23(26(31)29(5)17-10-16-28(3)4)32-24-18-20(15-14-19(24)2)21-11-8-9-12-22(21)25(27)30/h8-9,11-12,14-15,18,23H,6-7,10,13,16-17H2,1-5H3,(H2,27,30). The molecule has 0 aromatic heterocycles. The van der Waals surface area contributed by atoms with E-state index in [1.165, 1.54) is 0 Å². The van der Waals surface area contributed by atoms with E-state index in [0.717, 1.165) is 42.5 Å². The van der Waals surface area contributed by atoms with E-state index in [0.29, 0.717) is 24.3 Å². The van der Waals surface area contributed by atoms with Gasteiger partial charge in [0.2, 0.25) is 5.91 Å². The molecule has 0 spiro atoms. The Hall–Kier alpha value is -2.86. The van der Waals surface area contributed by atoms with Crippen molar-refractivity contribution in [1.29, 1.82) is 0 Å². The molecule has 0 saturated heterocycles. The first-order valence-electron chi connectivity index (χ1n) is 11.3. The summed E-state index contributed by atoms with van der Waals surface area (Å²) < 4.78 is 6.30. The van der Waals surface area contributed by atoms with Crippen molar-refractivity contribution in [3.8, 4) is 16.9 Å². The van der Waals surface area contributed by atoms with Crippen molar-refractivity contribution in [3.63, 3.8) is 0 Å². The van der Waals surface area contributed by atoms with E-state index in [2.05, 4.69) is 11.8 Å². The van der Waals surface area contributed by atoms with Gasteiger partial charge in [-0.25, -0.2) is 0 Å². The summed E-state index contributed by atoms with van der Waals surface area (Å²) in [6.07, 6.45) is 2.93. The second-order valence-corrected chi connectivity index (χ2v) is 8.56. The van der Waals surface area contributed by atoms with E-state index in [4.69, 9.17) is 10.5 Å². The summed E-state index contributed by atoms with van der Waals surface area (Å²) in [7, 11) is 5.90. The number of rotatable bonds is 12. The number of unbranched alkanes of at least 4 members (excludes halogenated alkanes) is 1. The second-order valence-electron chi connectivity index (χ2n) is 8.56. The van der Waals surface area contributed by atoms with Gasteiger partial charge in [-0.3, -0.25) is 9.59 Å². The average Bonchev–Trinajstić information content (AvgIpc) is 2.77. The molecule has 1 atom stereocenters. The number of carbonyl (C=O) groups excluding carboxylic acids is 2. The van der Waals surface area contributed by atoms with Crippen molar-refractivity contribution >= 4 is 11.8 Å². The topological polar surface area (TPSA) is 75.9 Å². The molecule has 0 fully saturated rings. The number of aryl methyl sites for hydroxylation is 1. The predicted octanol–water partition coefficient (Wildman–Crippen LogP) is 4.11. The molecule has 2 aromatic carbocycles. The van der Waals surface area contributed by atoms with Crippen molar-refractivity contribution in [1.82, 2.24) is 9.80 Å². The zero-order valence-corrected chi connectivity index (χ0v) is 20.1. The molecular formula is C26H37N3O3. The quantitative estimate of drug-likeness (QED) is 0.540. The third-order valence-electron chi connectivity index (χ3n) is 5.53. The Kier molecular flexibility index (Phi) is 9.72. The molecule has 174 valence electrons. The lowest BCUT2D eigenvalue weighted by molar-refractivity contribution is -0.137. The number of nitrogens with zero attached hydrogens (tertiary/aromatic N) is 2. The van der Waals surface area contributed by atoms with Crippen LogP contribution in [0.2, 0.25) is 0 Å². The van der Waals surface area contributed by atoms with E-state index in [9.17, 15) is 9.59 Å². The van der Waals surface area contributed by atoms with Crippen LogP contribution in [0, 0.1) is 6.92 Å². The normalized spacial score (nSPS) is 11.9. The SMILES string of the molecule is CCCCC(Oc1cc(-c2ccccc2C(N)=O)ccc1C)C(=O)N(C)CCCN(C)C. The van der Waals surface area contributed by atoms with Gasteiger partial charge in [-0.15, -0.1) is 0 Å². The third kappa shape index (κ3) is 7.09. The number of benzene rings is 2. The highest BCUT2D eigenvalue weighted by Crippen LogP contribution is 2.30. The predicted molar refractivity (Wildman–Crippen MR) is 130 cm³/mol. The molecule has 0 aliphatic carbocycles. The van der Waals surface area contributed by atoms with Gasteiger partial charge in [0.15, 0.2) is 6.10 Å². The Bertz CT molecular complexity index is 911. The van der Waals surface area contributed by atoms with Crippen LogP contribution in [0.4, 0.5) is 0 Å². The van der Waals surface area contributed by atoms with Crippen LogP contribution in [-0.2, 0) is 4.79 Å². The third-order valence-corrected chi connectivity index (χ3v) is 5.53. The van der Waals surface area contributed by atoms with Crippen molar-refractivity contribution < 1.29 is 14.3 Å². The highest BCUT2D eigenvalue weighted by Gasteiger charge is 2.24. The first kappa shape index (κ1) is 25.4. The van der Waals surface area contributed by atoms with Crippen LogP contribution in [0.1, 0.15) is 48.5 Å². The number of hydrogen-bond acceptors (Lipinski definition) is 4. The van der Waals surface area contributed by atoms with Crippen LogP contribution in [0.3, 0.4) is 0 Å². The van der Waals surface area contributed by atoms with Crippen LogP contribution in [0.5, 0.6) is 5.75 Å². The van der Waals surface area contributed by atoms with Crippen LogP contribution >= 0.6 is 0 Å². The molecule has 32 heavy (non-hydrogen) atoms. The van der Waals surface area contributed by atoms with Crippen molar-refractivity contribution in [2.45, 2.75) is 45.6 Å². The smallest absolute Gasteiger partial charge is 0.263 e. The molecule has 2 amide bonds. The number of carbonyl (C=O) groups is 2. The van der Waals surface area contributed by atoms with E-state index >= 15 is 0 Å². The number of amides is 2. The number of hydrogen-bond donors (Lipinski definition) is 1. The Morgan fingerprint density at radius 2 is 1.75 bits per heavy atom. The average molecular weight is 440 g/mol. The molecule has 0 bridgehead atoms. The fourth-order valence-electron chi connectivity index (χ4n) is 3.60. The lowest BCUT2D eigenvalue weighted by Crippen LogP contribution is -2.40. The highest BCUT2D eigenvalue weighted by atomic mass is 16.5. The Morgan fingerprint density at radius 3 is 2.41 bits per heavy atom. The minimum Gasteiger partial charge on any atom is -0.480 e. The van der Waals surface area contributed by atoms with Gasteiger partial charge in [-0.1, -0.05) is 43.7 Å². The van der Waals surface area contributed by atoms with Crippen molar-refractivity contribution in [2.75, 3.05) is 34.2 Å². The molecule has 0 saturated carbocycles. The second kappa shape index (κ2) is 12.2. The van der Waals surface area contributed by atoms with Crippen molar-refractivity contribution in [3.05, 3.63) is 53.6 Å². The molecule has 0 heterocycles. The molecule has 1 unspecified atom stereocenters. The molecule has 2 rings (SSSR count). The van der Waals surface area contributed by atoms with Crippen LogP contribution < -0.4 is 10.5 Å². The summed E-state index contributed by atoms with van der Waals surface area (Å²) in [5.41, 5.74) is 8.55. The summed E-state index contributed by atoms with van der Waals surface area (Å²) in [5, 5.41) is 0. The van der Waals surface area contributed by atoms with Gasteiger partial charge in [0.25, 0.3) is 5.91 Å². The zero-order valence-electron chi connectivity index (χ0n) is 20.1. The van der Waals surface area contributed by atoms with E-state index in [1.54, 1.807) is 17.0 Å². The van der Waals surface area contributed by atoms with Gasteiger partial charge in [0.05, 0.1) is 0 Å². The molecule has 6 nitrogen and oxygen atoms in total. The molecule has 2 aromatic rings. The van der Waals surface area contributed by atoms with Gasteiger partial charge in [-0.2, -0.15) is 0 Å².